The predicted molar refractivity (Wildman–Crippen MR) is 93.9 cm³/mol. The van der Waals surface area contributed by atoms with Crippen molar-refractivity contribution in [2.45, 2.75) is 33.0 Å². The molecule has 134 valence electrons. The summed E-state index contributed by atoms with van der Waals surface area (Å²) in [7, 11) is 3.46. The Labute approximate surface area is 148 Å². The number of amides is 1. The number of carbonyl (C=O) groups is 1. The van der Waals surface area contributed by atoms with Crippen molar-refractivity contribution in [3.8, 4) is 0 Å². The first-order valence-electron chi connectivity index (χ1n) is 8.53. The molecule has 0 aromatic carbocycles. The highest BCUT2D eigenvalue weighted by molar-refractivity contribution is 5.76. The minimum absolute atomic E-state index is 0.0299. The summed E-state index contributed by atoms with van der Waals surface area (Å²) in [5, 5.41) is 0. The minimum atomic E-state index is -0.0299. The number of aryl methyl sites for hydroxylation is 1. The lowest BCUT2D eigenvalue weighted by molar-refractivity contribution is -0.133. The molecule has 25 heavy (non-hydrogen) atoms. The van der Waals surface area contributed by atoms with Crippen LogP contribution in [-0.2, 0) is 35.6 Å². The number of carbonyl (C=O) groups excluding carboxylic acids is 1. The van der Waals surface area contributed by atoms with Crippen molar-refractivity contribution in [3.05, 3.63) is 52.7 Å². The third-order valence-electron chi connectivity index (χ3n) is 4.47. The quantitative estimate of drug-likeness (QED) is 0.804. The average molecular weight is 343 g/mol. The molecule has 0 N–H and O–H groups in total. The van der Waals surface area contributed by atoms with Crippen LogP contribution in [0, 0.1) is 6.92 Å². The maximum Gasteiger partial charge on any atom is 0.248 e. The second-order valence-corrected chi connectivity index (χ2v) is 6.69. The van der Waals surface area contributed by atoms with E-state index in [9.17, 15) is 4.79 Å². The molecule has 0 atom stereocenters. The molecule has 1 aliphatic heterocycles. The molecule has 3 heterocycles. The van der Waals surface area contributed by atoms with E-state index >= 15 is 0 Å². The van der Waals surface area contributed by atoms with Crippen LogP contribution < -0.4 is 0 Å². The first-order chi connectivity index (χ1) is 12.0. The van der Waals surface area contributed by atoms with Crippen molar-refractivity contribution < 1.29 is 13.9 Å². The molecular formula is C19H25N3O3. The second-order valence-electron chi connectivity index (χ2n) is 6.69. The fraction of sp³-hybridized carbons (Fsp3) is 0.474. The molecule has 0 bridgehead atoms. The summed E-state index contributed by atoms with van der Waals surface area (Å²) < 4.78 is 11.3. The average Bonchev–Trinajstić information content (AvgIpc) is 2.99. The van der Waals surface area contributed by atoms with E-state index in [0.29, 0.717) is 6.61 Å². The van der Waals surface area contributed by atoms with Gasteiger partial charge >= 0.3 is 0 Å². The van der Waals surface area contributed by atoms with Gasteiger partial charge in [0, 0.05) is 39.6 Å². The summed E-state index contributed by atoms with van der Waals surface area (Å²) >= 11 is 0. The topological polar surface area (TPSA) is 58.8 Å². The highest BCUT2D eigenvalue weighted by atomic mass is 16.5. The Bertz CT molecular complexity index is 739. The molecule has 0 unspecified atom stereocenters. The molecule has 3 rings (SSSR count). The van der Waals surface area contributed by atoms with Crippen LogP contribution in [0.4, 0.5) is 0 Å². The maximum atomic E-state index is 11.6. The molecule has 0 saturated heterocycles. The second kappa shape index (κ2) is 7.80. The van der Waals surface area contributed by atoms with Gasteiger partial charge in [-0.2, -0.15) is 0 Å². The summed E-state index contributed by atoms with van der Waals surface area (Å²) in [5.74, 6) is 1.91. The van der Waals surface area contributed by atoms with Gasteiger partial charge in [-0.25, -0.2) is 0 Å². The zero-order chi connectivity index (χ0) is 17.8. The lowest BCUT2D eigenvalue weighted by Crippen LogP contribution is -2.31. The van der Waals surface area contributed by atoms with Crippen molar-refractivity contribution in [2.24, 2.45) is 0 Å². The Morgan fingerprint density at radius 1 is 1.36 bits per heavy atom. The van der Waals surface area contributed by atoms with Gasteiger partial charge in [-0.1, -0.05) is 0 Å². The zero-order valence-electron chi connectivity index (χ0n) is 15.1. The van der Waals surface area contributed by atoms with Crippen molar-refractivity contribution in [1.29, 1.82) is 0 Å². The number of likely N-dealkylation sites (N-methyl/N-ethyl adjacent to an activating group) is 1. The summed E-state index contributed by atoms with van der Waals surface area (Å²) in [6.45, 7) is 5.12. The molecule has 0 spiro atoms. The van der Waals surface area contributed by atoms with Crippen LogP contribution >= 0.6 is 0 Å². The molecule has 2 aromatic heterocycles. The Morgan fingerprint density at radius 3 is 2.92 bits per heavy atom. The van der Waals surface area contributed by atoms with Crippen molar-refractivity contribution >= 4 is 5.91 Å². The lowest BCUT2D eigenvalue weighted by Gasteiger charge is -2.29. The summed E-state index contributed by atoms with van der Waals surface area (Å²) in [4.78, 5) is 19.9. The third-order valence-corrected chi connectivity index (χ3v) is 4.47. The standard InChI is InChI=1S/C19H25N3O3/c1-14-4-5-17(25-14)11-22-7-6-18-15(10-22)8-20-9-16(18)12-24-13-19(23)21(2)3/h4-5,8-9H,6-7,10-13H2,1-3H3. The van der Waals surface area contributed by atoms with Gasteiger partial charge in [-0.15, -0.1) is 0 Å². The summed E-state index contributed by atoms with van der Waals surface area (Å²) in [6.07, 6.45) is 4.74. The monoisotopic (exact) mass is 343 g/mol. The van der Waals surface area contributed by atoms with Crippen molar-refractivity contribution in [1.82, 2.24) is 14.8 Å². The van der Waals surface area contributed by atoms with E-state index in [2.05, 4.69) is 9.88 Å². The van der Waals surface area contributed by atoms with Gasteiger partial charge in [0.05, 0.1) is 13.2 Å². The maximum absolute atomic E-state index is 11.6. The van der Waals surface area contributed by atoms with Crippen LogP contribution in [0.3, 0.4) is 0 Å². The van der Waals surface area contributed by atoms with Crippen LogP contribution in [0.25, 0.3) is 0 Å². The van der Waals surface area contributed by atoms with Crippen molar-refractivity contribution in [2.75, 3.05) is 27.2 Å². The van der Waals surface area contributed by atoms with E-state index in [0.717, 1.165) is 43.1 Å². The van der Waals surface area contributed by atoms with Crippen LogP contribution in [0.5, 0.6) is 0 Å². The SMILES string of the molecule is Cc1ccc(CN2CCc3c(COCC(=O)N(C)C)cncc3C2)o1. The van der Waals surface area contributed by atoms with E-state index in [1.165, 1.54) is 16.0 Å². The molecule has 0 fully saturated rings. The Morgan fingerprint density at radius 2 is 2.20 bits per heavy atom. The first kappa shape index (κ1) is 17.6. The fourth-order valence-corrected chi connectivity index (χ4v) is 3.05. The first-order valence-corrected chi connectivity index (χ1v) is 8.53. The van der Waals surface area contributed by atoms with E-state index in [-0.39, 0.29) is 12.5 Å². The molecule has 6 heteroatoms. The van der Waals surface area contributed by atoms with Crippen LogP contribution in [0.2, 0.25) is 0 Å². The number of hydrogen-bond acceptors (Lipinski definition) is 5. The number of nitrogens with zero attached hydrogens (tertiary/aromatic N) is 3. The smallest absolute Gasteiger partial charge is 0.248 e. The van der Waals surface area contributed by atoms with E-state index < -0.39 is 0 Å². The number of fused-ring (bicyclic) bond motifs is 1. The molecule has 2 aromatic rings. The van der Waals surface area contributed by atoms with E-state index in [4.69, 9.17) is 9.15 Å². The number of pyridine rings is 1. The van der Waals surface area contributed by atoms with Crippen LogP contribution in [0.15, 0.2) is 28.9 Å². The van der Waals surface area contributed by atoms with E-state index in [1.807, 2.05) is 31.5 Å². The normalized spacial score (nSPS) is 14.4. The third kappa shape index (κ3) is 4.46. The van der Waals surface area contributed by atoms with Gasteiger partial charge in [-0.3, -0.25) is 14.7 Å². The fourth-order valence-electron chi connectivity index (χ4n) is 3.05. The molecule has 0 aliphatic carbocycles. The molecule has 1 aliphatic rings. The summed E-state index contributed by atoms with van der Waals surface area (Å²) in [6, 6.07) is 4.04. The minimum Gasteiger partial charge on any atom is -0.465 e. The zero-order valence-corrected chi connectivity index (χ0v) is 15.1. The molecular weight excluding hydrogens is 318 g/mol. The Balaban J connectivity index is 1.61. The van der Waals surface area contributed by atoms with Crippen LogP contribution in [-0.4, -0.2) is 47.9 Å². The highest BCUT2D eigenvalue weighted by Crippen LogP contribution is 2.23. The van der Waals surface area contributed by atoms with Gasteiger partial charge < -0.3 is 14.1 Å². The highest BCUT2D eigenvalue weighted by Gasteiger charge is 2.20. The van der Waals surface area contributed by atoms with Gasteiger partial charge in [0.2, 0.25) is 5.91 Å². The predicted octanol–water partition coefficient (Wildman–Crippen LogP) is 2.15. The Hall–Kier alpha value is -2.18. The summed E-state index contributed by atoms with van der Waals surface area (Å²) in [5.41, 5.74) is 3.62. The number of aromatic nitrogens is 1. The van der Waals surface area contributed by atoms with Gasteiger partial charge in [0.1, 0.15) is 18.1 Å². The number of furan rings is 1. The lowest BCUT2D eigenvalue weighted by atomic mass is 9.97. The molecule has 1 amide bonds. The van der Waals surface area contributed by atoms with Gasteiger partial charge in [0.15, 0.2) is 0 Å². The van der Waals surface area contributed by atoms with Crippen molar-refractivity contribution in [3.63, 3.8) is 0 Å². The number of hydrogen-bond donors (Lipinski definition) is 0. The largest absolute Gasteiger partial charge is 0.465 e. The Kier molecular flexibility index (Phi) is 5.50. The molecule has 0 radical (unpaired) electrons. The molecule has 0 saturated carbocycles. The number of rotatable bonds is 6. The van der Waals surface area contributed by atoms with Gasteiger partial charge in [0.25, 0.3) is 0 Å². The van der Waals surface area contributed by atoms with Gasteiger partial charge in [-0.05, 0) is 42.2 Å². The van der Waals surface area contributed by atoms with E-state index in [1.54, 1.807) is 14.1 Å². The molecule has 6 nitrogen and oxygen atoms in total. The number of ether oxygens (including phenoxy) is 1. The van der Waals surface area contributed by atoms with Crippen LogP contribution in [0.1, 0.15) is 28.2 Å².